The molecule has 7 atom stereocenters. The fourth-order valence-corrected chi connectivity index (χ4v) is 8.63. The monoisotopic (exact) mass is 577 g/mol. The number of benzene rings is 1. The summed E-state index contributed by atoms with van der Waals surface area (Å²) in [7, 11) is 2.07. The molecular weight excluding hydrogens is 534 g/mol. The molecule has 2 aromatic rings. The number of fused-ring (bicyclic) bond motifs is 5. The molecule has 0 spiro atoms. The molecule has 1 aromatic carbocycles. The summed E-state index contributed by atoms with van der Waals surface area (Å²) < 4.78 is 6.45. The highest BCUT2D eigenvalue weighted by Crippen LogP contribution is 2.49. The zero-order valence-corrected chi connectivity index (χ0v) is 25.2. The molecule has 1 aliphatic carbocycles. The number of ether oxygens (including phenoxy) is 1. The maximum atomic E-state index is 14.4. The molecule has 0 radical (unpaired) electrons. The van der Waals surface area contributed by atoms with Gasteiger partial charge in [0.2, 0.25) is 17.5 Å². The van der Waals surface area contributed by atoms with E-state index in [1.165, 1.54) is 21.4 Å². The fraction of sp³-hybridized carbons (Fsp3) is 0.656. The number of aromatic amines is 1. The van der Waals surface area contributed by atoms with E-state index in [0.717, 1.165) is 18.4 Å². The van der Waals surface area contributed by atoms with Crippen LogP contribution in [0.5, 0.6) is 0 Å². The lowest BCUT2D eigenvalue weighted by Crippen LogP contribution is -2.71. The molecule has 42 heavy (non-hydrogen) atoms. The van der Waals surface area contributed by atoms with Gasteiger partial charge in [-0.1, -0.05) is 39.8 Å². The van der Waals surface area contributed by atoms with Crippen molar-refractivity contribution in [2.45, 2.75) is 95.5 Å². The number of carbonyl (C=O) groups excluding carboxylic acids is 3. The molecule has 0 saturated carbocycles. The van der Waals surface area contributed by atoms with Gasteiger partial charge >= 0.3 is 0 Å². The summed E-state index contributed by atoms with van der Waals surface area (Å²) in [6, 6.07) is 5.13. The molecule has 4 saturated heterocycles. The van der Waals surface area contributed by atoms with Crippen LogP contribution in [0.2, 0.25) is 0 Å². The number of likely N-dealkylation sites (tertiary alicyclic amines) is 1. The quantitative estimate of drug-likeness (QED) is 0.503. The van der Waals surface area contributed by atoms with Crippen LogP contribution >= 0.6 is 0 Å². The Bertz CT molecular complexity index is 1450. The molecule has 5 aliphatic rings. The number of aliphatic hydroxyl groups is 1. The minimum absolute atomic E-state index is 0.116. The first-order valence-electron chi connectivity index (χ1n) is 15.6. The van der Waals surface area contributed by atoms with Crippen molar-refractivity contribution >= 4 is 28.6 Å². The third-order valence-electron chi connectivity index (χ3n) is 10.7. The van der Waals surface area contributed by atoms with Crippen LogP contribution in [0.4, 0.5) is 0 Å². The van der Waals surface area contributed by atoms with E-state index in [9.17, 15) is 19.5 Å². The number of rotatable bonds is 5. The number of aromatic nitrogens is 1. The Balaban J connectivity index is 1.20. The molecule has 0 bridgehead atoms. The molecule has 10 nitrogen and oxygen atoms in total. The molecular formula is C32H43N5O5. The third kappa shape index (κ3) is 3.77. The van der Waals surface area contributed by atoms with Crippen molar-refractivity contribution in [3.63, 3.8) is 0 Å². The number of piperazine rings is 1. The van der Waals surface area contributed by atoms with Gasteiger partial charge in [-0.05, 0) is 62.3 Å². The summed E-state index contributed by atoms with van der Waals surface area (Å²) in [6.07, 6.45) is 5.36. The Morgan fingerprint density at radius 1 is 1.24 bits per heavy atom. The first-order valence-corrected chi connectivity index (χ1v) is 15.6. The number of nitrogens with zero attached hydrogens (tertiary/aromatic N) is 3. The zero-order chi connectivity index (χ0) is 29.7. The summed E-state index contributed by atoms with van der Waals surface area (Å²) in [5.41, 5.74) is 1.93. The average Bonchev–Trinajstić information content (AvgIpc) is 3.65. The third-order valence-corrected chi connectivity index (χ3v) is 10.7. The predicted molar refractivity (Wildman–Crippen MR) is 156 cm³/mol. The van der Waals surface area contributed by atoms with Crippen LogP contribution in [0.3, 0.4) is 0 Å². The molecule has 1 aromatic heterocycles. The van der Waals surface area contributed by atoms with E-state index in [1.54, 1.807) is 4.90 Å². The molecule has 4 fully saturated rings. The van der Waals surface area contributed by atoms with E-state index in [2.05, 4.69) is 46.6 Å². The van der Waals surface area contributed by atoms with E-state index in [-0.39, 0.29) is 35.6 Å². The fourth-order valence-electron chi connectivity index (χ4n) is 8.63. The van der Waals surface area contributed by atoms with E-state index in [4.69, 9.17) is 4.74 Å². The minimum atomic E-state index is -1.99. The number of hydrogen-bond acceptors (Lipinski definition) is 6. The van der Waals surface area contributed by atoms with Crippen LogP contribution in [0.25, 0.3) is 10.9 Å². The van der Waals surface area contributed by atoms with E-state index in [1.807, 2.05) is 27.7 Å². The molecule has 0 unspecified atom stereocenters. The van der Waals surface area contributed by atoms with Crippen LogP contribution in [0.15, 0.2) is 24.4 Å². The van der Waals surface area contributed by atoms with Crippen LogP contribution in [0.1, 0.15) is 70.4 Å². The Kier molecular flexibility index (Phi) is 6.32. The largest absolute Gasteiger partial charge is 0.361 e. The van der Waals surface area contributed by atoms with Crippen LogP contribution in [-0.4, -0.2) is 92.4 Å². The van der Waals surface area contributed by atoms with Crippen molar-refractivity contribution in [2.24, 2.45) is 17.8 Å². The highest BCUT2D eigenvalue weighted by molar-refractivity contribution is 5.97. The number of piperidine rings is 1. The minimum Gasteiger partial charge on any atom is -0.361 e. The van der Waals surface area contributed by atoms with Crippen molar-refractivity contribution in [1.82, 2.24) is 25.0 Å². The van der Waals surface area contributed by atoms with Gasteiger partial charge in [0.25, 0.3) is 11.8 Å². The maximum absolute atomic E-state index is 14.4. The van der Waals surface area contributed by atoms with Gasteiger partial charge in [0.1, 0.15) is 12.1 Å². The molecule has 4 aliphatic heterocycles. The number of amides is 3. The number of H-pyrrole nitrogens is 1. The van der Waals surface area contributed by atoms with Crippen molar-refractivity contribution in [2.75, 3.05) is 20.1 Å². The molecule has 3 N–H and O–H groups in total. The standard InChI is InChI=1S/C32H43N5O5/c1-17(2)12-25-29(39)36-11-7-10-26(36)32(41)37(25)30(40)31(42-32,18(3)4)34-28(38)20-13-22-21-8-6-9-23-27(21)19(15-33-23)14-24(22)35(5)16-20/h6,8-9,15,17-18,20,22,24-26,33,41H,7,10-14,16H2,1-5H3,(H,34,38)/t20-,22-,24+,25-,26+,31+,32-/m1/s1. The molecule has 5 heterocycles. The summed E-state index contributed by atoms with van der Waals surface area (Å²) in [5, 5.41) is 16.4. The van der Waals surface area contributed by atoms with Gasteiger partial charge in [0, 0.05) is 48.1 Å². The van der Waals surface area contributed by atoms with Gasteiger partial charge < -0.3 is 25.2 Å². The Morgan fingerprint density at radius 2 is 2.02 bits per heavy atom. The molecule has 3 amide bonds. The van der Waals surface area contributed by atoms with Crippen molar-refractivity contribution < 1.29 is 24.2 Å². The highest BCUT2D eigenvalue weighted by Gasteiger charge is 2.72. The van der Waals surface area contributed by atoms with Crippen LogP contribution in [0, 0.1) is 17.8 Å². The Morgan fingerprint density at radius 3 is 2.76 bits per heavy atom. The van der Waals surface area contributed by atoms with Crippen molar-refractivity contribution in [3.05, 3.63) is 35.5 Å². The number of likely N-dealkylation sites (N-methyl/N-ethyl adjacent to an activating group) is 1. The Labute approximate surface area is 246 Å². The van der Waals surface area contributed by atoms with E-state index < -0.39 is 35.5 Å². The van der Waals surface area contributed by atoms with Crippen LogP contribution in [-0.2, 0) is 25.5 Å². The second-order valence-corrected chi connectivity index (χ2v) is 14.0. The second-order valence-electron chi connectivity index (χ2n) is 14.0. The number of carbonyl (C=O) groups is 3. The normalized spacial score (nSPS) is 36.1. The van der Waals surface area contributed by atoms with Crippen molar-refractivity contribution in [3.8, 4) is 0 Å². The lowest BCUT2D eigenvalue weighted by atomic mass is 9.72. The topological polar surface area (TPSA) is 118 Å². The second kappa shape index (κ2) is 9.53. The molecule has 10 heteroatoms. The molecule has 7 rings (SSSR count). The van der Waals surface area contributed by atoms with Crippen LogP contribution < -0.4 is 5.32 Å². The lowest BCUT2D eigenvalue weighted by molar-refractivity contribution is -0.322. The lowest BCUT2D eigenvalue weighted by Gasteiger charge is -2.49. The van der Waals surface area contributed by atoms with Gasteiger partial charge in [0.15, 0.2) is 0 Å². The van der Waals surface area contributed by atoms with Gasteiger partial charge in [-0.15, -0.1) is 0 Å². The summed E-state index contributed by atoms with van der Waals surface area (Å²) in [4.78, 5) is 50.8. The summed E-state index contributed by atoms with van der Waals surface area (Å²) in [5.74, 6) is -3.48. The SMILES string of the molecule is CC(C)C[C@@H]1C(=O)N2CCC[C@H]2[C@@]2(O)O[C@@](NC(=O)[C@@H]3C[C@@H]4c5cccc6[nH]cc(c56)C[C@@H]4N(C)C3)(C(C)C)C(=O)N12. The highest BCUT2D eigenvalue weighted by atomic mass is 16.7. The van der Waals surface area contributed by atoms with E-state index in [0.29, 0.717) is 32.4 Å². The molecule has 226 valence electrons. The summed E-state index contributed by atoms with van der Waals surface area (Å²) >= 11 is 0. The summed E-state index contributed by atoms with van der Waals surface area (Å²) in [6.45, 7) is 8.73. The van der Waals surface area contributed by atoms with Crippen molar-refractivity contribution in [1.29, 1.82) is 0 Å². The predicted octanol–water partition coefficient (Wildman–Crippen LogP) is 2.52. The Hall–Kier alpha value is -2.95. The maximum Gasteiger partial charge on any atom is 0.281 e. The average molecular weight is 578 g/mol. The number of nitrogens with one attached hydrogen (secondary N) is 2. The van der Waals surface area contributed by atoms with E-state index >= 15 is 0 Å². The van der Waals surface area contributed by atoms with Gasteiger partial charge in [-0.25, -0.2) is 0 Å². The van der Waals surface area contributed by atoms with Gasteiger partial charge in [0.05, 0.1) is 5.92 Å². The smallest absolute Gasteiger partial charge is 0.281 e. The van der Waals surface area contributed by atoms with Gasteiger partial charge in [-0.3, -0.25) is 24.0 Å². The zero-order valence-electron chi connectivity index (χ0n) is 25.2. The number of hydrogen-bond donors (Lipinski definition) is 3. The first-order chi connectivity index (χ1) is 20.0. The van der Waals surface area contributed by atoms with Gasteiger partial charge in [-0.2, -0.15) is 0 Å². The first kappa shape index (κ1) is 27.9.